The fourth-order valence-electron chi connectivity index (χ4n) is 3.52. The first-order chi connectivity index (χ1) is 9.01. The Morgan fingerprint density at radius 3 is 2.21 bits per heavy atom. The summed E-state index contributed by atoms with van der Waals surface area (Å²) in [5.41, 5.74) is 4.26. The molecule has 0 unspecified atom stereocenters. The van der Waals surface area contributed by atoms with Gasteiger partial charge in [-0.05, 0) is 37.5 Å². The normalized spacial score (nSPS) is 24.4. The van der Waals surface area contributed by atoms with Crippen LogP contribution in [0.5, 0.6) is 0 Å². The quantitative estimate of drug-likeness (QED) is 0.782. The van der Waals surface area contributed by atoms with Crippen molar-refractivity contribution < 1.29 is 0 Å². The first kappa shape index (κ1) is 12.3. The molecule has 0 aliphatic carbocycles. The number of hydrogen-bond acceptors (Lipinski definition) is 1. The molecule has 0 aromatic heterocycles. The van der Waals surface area contributed by atoms with E-state index in [0.29, 0.717) is 0 Å². The zero-order chi connectivity index (χ0) is 13.5. The molecule has 1 N–H and O–H groups in total. The standard InChI is InChI=1S/C18H21N/c1-17(2)13-18(3,14-9-5-4-6-10-14)15-11-7-8-12-16(15)19-17/h4-12,19H,13H2,1-3H3/t18-/m0/s1. The van der Waals surface area contributed by atoms with Gasteiger partial charge in [-0.2, -0.15) is 0 Å². The SMILES string of the molecule is CC1(C)C[C@@](C)(c2ccccc2)c2ccccc2N1. The summed E-state index contributed by atoms with van der Waals surface area (Å²) < 4.78 is 0. The Kier molecular flexibility index (Phi) is 2.67. The zero-order valence-electron chi connectivity index (χ0n) is 11.9. The third-order valence-corrected chi connectivity index (χ3v) is 4.20. The maximum Gasteiger partial charge on any atom is 0.0385 e. The van der Waals surface area contributed by atoms with E-state index in [1.165, 1.54) is 16.8 Å². The molecule has 0 saturated carbocycles. The van der Waals surface area contributed by atoms with Crippen LogP contribution in [0.4, 0.5) is 5.69 Å². The van der Waals surface area contributed by atoms with Crippen molar-refractivity contribution in [3.05, 3.63) is 65.7 Å². The van der Waals surface area contributed by atoms with Crippen LogP contribution in [0.2, 0.25) is 0 Å². The monoisotopic (exact) mass is 251 g/mol. The summed E-state index contributed by atoms with van der Waals surface area (Å²) >= 11 is 0. The van der Waals surface area contributed by atoms with Gasteiger partial charge >= 0.3 is 0 Å². The summed E-state index contributed by atoms with van der Waals surface area (Å²) in [4.78, 5) is 0. The molecule has 3 rings (SSSR count). The third kappa shape index (κ3) is 2.03. The molecule has 0 bridgehead atoms. The lowest BCUT2D eigenvalue weighted by Gasteiger charge is -2.45. The number of anilines is 1. The lowest BCUT2D eigenvalue weighted by atomic mass is 9.66. The average Bonchev–Trinajstić information content (AvgIpc) is 2.38. The van der Waals surface area contributed by atoms with Crippen LogP contribution < -0.4 is 5.32 Å². The fourth-order valence-corrected chi connectivity index (χ4v) is 3.52. The second-order valence-electron chi connectivity index (χ2n) is 6.43. The molecule has 0 radical (unpaired) electrons. The Labute approximate surface area is 115 Å². The highest BCUT2D eigenvalue weighted by Crippen LogP contribution is 2.46. The first-order valence-electron chi connectivity index (χ1n) is 6.95. The van der Waals surface area contributed by atoms with E-state index in [1.807, 2.05) is 0 Å². The van der Waals surface area contributed by atoms with Gasteiger partial charge in [-0.25, -0.2) is 0 Å². The van der Waals surface area contributed by atoms with Gasteiger partial charge in [0, 0.05) is 16.6 Å². The van der Waals surface area contributed by atoms with E-state index in [4.69, 9.17) is 0 Å². The molecular weight excluding hydrogens is 230 g/mol. The van der Waals surface area contributed by atoms with Crippen LogP contribution in [0, 0.1) is 0 Å². The van der Waals surface area contributed by atoms with Crippen LogP contribution in [0.3, 0.4) is 0 Å². The van der Waals surface area contributed by atoms with Crippen LogP contribution in [0.25, 0.3) is 0 Å². The van der Waals surface area contributed by atoms with Gasteiger partial charge in [0.1, 0.15) is 0 Å². The minimum Gasteiger partial charge on any atom is -0.380 e. The van der Waals surface area contributed by atoms with Crippen molar-refractivity contribution in [1.29, 1.82) is 0 Å². The van der Waals surface area contributed by atoms with Crippen molar-refractivity contribution in [2.45, 2.75) is 38.1 Å². The van der Waals surface area contributed by atoms with Crippen molar-refractivity contribution in [2.75, 3.05) is 5.32 Å². The van der Waals surface area contributed by atoms with Crippen molar-refractivity contribution in [3.63, 3.8) is 0 Å². The molecule has 0 fully saturated rings. The number of hydrogen-bond donors (Lipinski definition) is 1. The van der Waals surface area contributed by atoms with Gasteiger partial charge in [-0.1, -0.05) is 55.5 Å². The van der Waals surface area contributed by atoms with E-state index < -0.39 is 0 Å². The molecule has 1 aliphatic heterocycles. The van der Waals surface area contributed by atoms with Crippen LogP contribution in [0.1, 0.15) is 38.3 Å². The number of benzene rings is 2. The average molecular weight is 251 g/mol. The highest BCUT2D eigenvalue weighted by atomic mass is 15.0. The Bertz CT molecular complexity index is 586. The molecule has 1 heteroatoms. The van der Waals surface area contributed by atoms with Gasteiger partial charge in [0.15, 0.2) is 0 Å². The van der Waals surface area contributed by atoms with Gasteiger partial charge in [-0.3, -0.25) is 0 Å². The van der Waals surface area contributed by atoms with E-state index in [-0.39, 0.29) is 11.0 Å². The van der Waals surface area contributed by atoms with E-state index >= 15 is 0 Å². The van der Waals surface area contributed by atoms with Gasteiger partial charge in [0.25, 0.3) is 0 Å². The van der Waals surface area contributed by atoms with Crippen molar-refractivity contribution in [3.8, 4) is 0 Å². The van der Waals surface area contributed by atoms with E-state index in [9.17, 15) is 0 Å². The van der Waals surface area contributed by atoms with Crippen molar-refractivity contribution in [1.82, 2.24) is 0 Å². The Balaban J connectivity index is 2.20. The summed E-state index contributed by atoms with van der Waals surface area (Å²) in [6.07, 6.45) is 1.10. The van der Waals surface area contributed by atoms with Crippen LogP contribution in [0.15, 0.2) is 54.6 Å². The Hall–Kier alpha value is -1.76. The van der Waals surface area contributed by atoms with E-state index in [0.717, 1.165) is 6.42 Å². The van der Waals surface area contributed by atoms with Crippen molar-refractivity contribution >= 4 is 5.69 Å². The summed E-state index contributed by atoms with van der Waals surface area (Å²) in [6, 6.07) is 19.6. The third-order valence-electron chi connectivity index (χ3n) is 4.20. The van der Waals surface area contributed by atoms with Crippen LogP contribution in [-0.4, -0.2) is 5.54 Å². The molecule has 19 heavy (non-hydrogen) atoms. The molecule has 1 nitrogen and oxygen atoms in total. The topological polar surface area (TPSA) is 12.0 Å². The highest BCUT2D eigenvalue weighted by molar-refractivity contribution is 5.62. The molecule has 0 spiro atoms. The molecule has 2 aromatic carbocycles. The molecule has 0 saturated heterocycles. The Morgan fingerprint density at radius 1 is 0.842 bits per heavy atom. The summed E-state index contributed by atoms with van der Waals surface area (Å²) in [5, 5.41) is 3.66. The van der Waals surface area contributed by atoms with Crippen LogP contribution in [-0.2, 0) is 5.41 Å². The molecule has 1 aliphatic rings. The maximum atomic E-state index is 3.66. The predicted molar refractivity (Wildman–Crippen MR) is 81.7 cm³/mol. The maximum absolute atomic E-state index is 3.66. The Morgan fingerprint density at radius 2 is 1.47 bits per heavy atom. The largest absolute Gasteiger partial charge is 0.380 e. The molecule has 2 aromatic rings. The predicted octanol–water partition coefficient (Wildman–Crippen LogP) is 4.59. The van der Waals surface area contributed by atoms with Crippen molar-refractivity contribution in [2.24, 2.45) is 0 Å². The summed E-state index contributed by atoms with van der Waals surface area (Å²) in [7, 11) is 0. The van der Waals surface area contributed by atoms with Gasteiger partial charge in [0.2, 0.25) is 0 Å². The lowest BCUT2D eigenvalue weighted by molar-refractivity contribution is 0.378. The molecule has 0 amide bonds. The zero-order valence-corrected chi connectivity index (χ0v) is 11.9. The summed E-state index contributed by atoms with van der Waals surface area (Å²) in [6.45, 7) is 6.93. The first-order valence-corrected chi connectivity index (χ1v) is 6.95. The number of fused-ring (bicyclic) bond motifs is 1. The van der Waals surface area contributed by atoms with Crippen LogP contribution >= 0.6 is 0 Å². The number of rotatable bonds is 1. The minimum atomic E-state index is 0.0760. The smallest absolute Gasteiger partial charge is 0.0385 e. The number of nitrogens with one attached hydrogen (secondary N) is 1. The van der Waals surface area contributed by atoms with E-state index in [1.54, 1.807) is 0 Å². The van der Waals surface area contributed by atoms with Gasteiger partial charge in [-0.15, -0.1) is 0 Å². The molecule has 1 atom stereocenters. The minimum absolute atomic E-state index is 0.0760. The fraction of sp³-hybridized carbons (Fsp3) is 0.333. The second kappa shape index (κ2) is 4.12. The van der Waals surface area contributed by atoms with E-state index in [2.05, 4.69) is 80.7 Å². The lowest BCUT2D eigenvalue weighted by Crippen LogP contribution is -2.45. The molecular formula is C18H21N. The summed E-state index contributed by atoms with van der Waals surface area (Å²) in [5.74, 6) is 0. The molecule has 98 valence electrons. The molecule has 1 heterocycles. The van der Waals surface area contributed by atoms with Gasteiger partial charge in [0.05, 0.1) is 0 Å². The number of para-hydroxylation sites is 1. The second-order valence-corrected chi connectivity index (χ2v) is 6.43. The van der Waals surface area contributed by atoms with Gasteiger partial charge < -0.3 is 5.32 Å². The highest BCUT2D eigenvalue weighted by Gasteiger charge is 2.40.